The number of rotatable bonds is 8. The highest BCUT2D eigenvalue weighted by atomic mass is 16.5. The van der Waals surface area contributed by atoms with Gasteiger partial charge in [-0.15, -0.1) is 0 Å². The van der Waals surface area contributed by atoms with Crippen LogP contribution in [0.3, 0.4) is 0 Å². The third-order valence-electron chi connectivity index (χ3n) is 7.00. The van der Waals surface area contributed by atoms with Crippen LogP contribution in [-0.4, -0.2) is 66.8 Å². The second-order valence-electron chi connectivity index (χ2n) is 9.23. The van der Waals surface area contributed by atoms with Gasteiger partial charge in [0, 0.05) is 49.6 Å². The van der Waals surface area contributed by atoms with Crippen LogP contribution in [0.1, 0.15) is 17.3 Å². The smallest absolute Gasteiger partial charge is 0.322 e. The van der Waals surface area contributed by atoms with Crippen LogP contribution in [0.25, 0.3) is 10.8 Å². The molecule has 0 spiro atoms. The van der Waals surface area contributed by atoms with E-state index in [2.05, 4.69) is 9.88 Å². The number of ether oxygens (including phenoxy) is 2. The maximum atomic E-state index is 13.9. The highest BCUT2D eigenvalue weighted by Crippen LogP contribution is 2.37. The summed E-state index contributed by atoms with van der Waals surface area (Å²) >= 11 is 0. The number of nitrogens with zero attached hydrogens (tertiary/aromatic N) is 3. The first-order valence-electron chi connectivity index (χ1n) is 12.7. The fourth-order valence-electron chi connectivity index (χ4n) is 5.11. The third-order valence-corrected chi connectivity index (χ3v) is 7.00. The summed E-state index contributed by atoms with van der Waals surface area (Å²) in [5, 5.41) is 4.98. The summed E-state index contributed by atoms with van der Waals surface area (Å²) in [6.45, 7) is 1.72. The van der Waals surface area contributed by atoms with E-state index in [0.717, 1.165) is 27.8 Å². The van der Waals surface area contributed by atoms with Gasteiger partial charge in [0.1, 0.15) is 18.3 Å². The summed E-state index contributed by atoms with van der Waals surface area (Å²) in [7, 11) is 3.22. The van der Waals surface area contributed by atoms with E-state index >= 15 is 0 Å². The first-order chi connectivity index (χ1) is 18.6. The highest BCUT2D eigenvalue weighted by Gasteiger charge is 2.35. The zero-order chi connectivity index (χ0) is 26.5. The van der Waals surface area contributed by atoms with Crippen molar-refractivity contribution in [1.82, 2.24) is 14.4 Å². The van der Waals surface area contributed by atoms with Crippen molar-refractivity contribution in [3.63, 3.8) is 0 Å². The molecule has 2 heterocycles. The molecule has 3 amide bonds. The second-order valence-corrected chi connectivity index (χ2v) is 9.23. The molecular weight excluding hydrogens is 480 g/mol. The first-order valence-corrected chi connectivity index (χ1v) is 12.7. The summed E-state index contributed by atoms with van der Waals surface area (Å²) < 4.78 is 13.1. The largest absolute Gasteiger partial charge is 0.496 e. The molecule has 5 rings (SSSR count). The first kappa shape index (κ1) is 25.4. The maximum Gasteiger partial charge on any atom is 0.322 e. The molecule has 3 aromatic carbocycles. The van der Waals surface area contributed by atoms with E-state index < -0.39 is 0 Å². The van der Waals surface area contributed by atoms with Gasteiger partial charge in [-0.25, -0.2) is 4.79 Å². The molecule has 0 saturated carbocycles. The molecule has 0 fully saturated rings. The predicted octanol–water partition coefficient (Wildman–Crippen LogP) is 4.76. The molecule has 1 atom stereocenters. The van der Waals surface area contributed by atoms with Gasteiger partial charge in [-0.05, 0) is 29.7 Å². The van der Waals surface area contributed by atoms with Gasteiger partial charge in [-0.2, -0.15) is 0 Å². The Morgan fingerprint density at radius 1 is 0.947 bits per heavy atom. The van der Waals surface area contributed by atoms with Crippen LogP contribution in [0.4, 0.5) is 10.5 Å². The van der Waals surface area contributed by atoms with Gasteiger partial charge in [-0.3, -0.25) is 4.79 Å². The molecule has 0 radical (unpaired) electrons. The number of anilines is 1. The van der Waals surface area contributed by atoms with E-state index in [1.165, 1.54) is 4.90 Å². The molecule has 1 N–H and O–H groups in total. The van der Waals surface area contributed by atoms with E-state index in [-0.39, 0.29) is 31.1 Å². The van der Waals surface area contributed by atoms with Gasteiger partial charge < -0.3 is 29.2 Å². The lowest BCUT2D eigenvalue weighted by atomic mass is 9.98. The minimum Gasteiger partial charge on any atom is -0.496 e. The molecule has 196 valence electrons. The number of para-hydroxylation sites is 1. The molecule has 8 nitrogen and oxygen atoms in total. The molecule has 1 aromatic heterocycles. The van der Waals surface area contributed by atoms with Crippen molar-refractivity contribution in [3.05, 3.63) is 96.3 Å². The number of methoxy groups -OCH3 is 2. The Bertz CT molecular complexity index is 1430. The monoisotopic (exact) mass is 512 g/mol. The molecule has 8 heteroatoms. The fraction of sp³-hybridized carbons (Fsp3) is 0.267. The van der Waals surface area contributed by atoms with E-state index in [1.807, 2.05) is 90.0 Å². The molecule has 0 aliphatic carbocycles. The van der Waals surface area contributed by atoms with Crippen LogP contribution in [-0.2, 0) is 16.1 Å². The summed E-state index contributed by atoms with van der Waals surface area (Å²) in [4.78, 5) is 30.7. The van der Waals surface area contributed by atoms with Crippen LogP contribution < -0.4 is 10.1 Å². The summed E-state index contributed by atoms with van der Waals surface area (Å²) in [6.07, 6.45) is 2.03. The number of carbonyl (C=O) groups excluding carboxylic acids is 2. The summed E-state index contributed by atoms with van der Waals surface area (Å²) in [6, 6.07) is 24.8. The van der Waals surface area contributed by atoms with Gasteiger partial charge in [0.05, 0.1) is 19.4 Å². The predicted molar refractivity (Wildman–Crippen MR) is 147 cm³/mol. The Labute approximate surface area is 222 Å². The molecule has 1 aliphatic heterocycles. The molecule has 1 unspecified atom stereocenters. The van der Waals surface area contributed by atoms with Crippen molar-refractivity contribution in [2.75, 3.05) is 45.8 Å². The fourth-order valence-corrected chi connectivity index (χ4v) is 5.11. The van der Waals surface area contributed by atoms with E-state index in [0.29, 0.717) is 25.4 Å². The van der Waals surface area contributed by atoms with Gasteiger partial charge in [-0.1, -0.05) is 54.6 Å². The minimum absolute atomic E-state index is 0.0771. The summed E-state index contributed by atoms with van der Waals surface area (Å²) in [5.74, 6) is 0.576. The average molecular weight is 513 g/mol. The number of fused-ring (bicyclic) bond motifs is 2. The van der Waals surface area contributed by atoms with E-state index in [4.69, 9.17) is 9.47 Å². The van der Waals surface area contributed by atoms with Crippen LogP contribution in [0, 0.1) is 0 Å². The lowest BCUT2D eigenvalue weighted by Gasteiger charge is -2.38. The van der Waals surface area contributed by atoms with Gasteiger partial charge >= 0.3 is 6.03 Å². The van der Waals surface area contributed by atoms with Crippen molar-refractivity contribution in [2.45, 2.75) is 12.6 Å². The van der Waals surface area contributed by atoms with Crippen LogP contribution in [0.2, 0.25) is 0 Å². The van der Waals surface area contributed by atoms with Crippen LogP contribution in [0.5, 0.6) is 5.75 Å². The zero-order valence-electron chi connectivity index (χ0n) is 21.7. The average Bonchev–Trinajstić information content (AvgIpc) is 3.44. The lowest BCUT2D eigenvalue weighted by molar-refractivity contribution is -0.134. The van der Waals surface area contributed by atoms with Crippen LogP contribution in [0.15, 0.2) is 85.1 Å². The minimum atomic E-state index is -0.346. The molecule has 1 aliphatic rings. The molecule has 0 bridgehead atoms. The number of benzene rings is 3. The van der Waals surface area contributed by atoms with Gasteiger partial charge in [0.15, 0.2) is 0 Å². The molecular formula is C30H32N4O4. The SMILES string of the molecule is COCCN(CC(=O)N1CCn2cccc2C1c1ccccc1OC)C(=O)Nc1cccc2ccccc12. The van der Waals surface area contributed by atoms with Crippen LogP contribution >= 0.6 is 0 Å². The lowest BCUT2D eigenvalue weighted by Crippen LogP contribution is -2.49. The Morgan fingerprint density at radius 3 is 2.58 bits per heavy atom. The Morgan fingerprint density at radius 2 is 1.74 bits per heavy atom. The number of hydrogen-bond acceptors (Lipinski definition) is 4. The number of amides is 3. The van der Waals surface area contributed by atoms with Crippen molar-refractivity contribution in [3.8, 4) is 5.75 Å². The standard InChI is InChI=1S/C30H32N4O4/c1-37-20-19-33(30(36)31-25-13-7-10-22-9-3-4-11-23(22)25)21-28(35)34-18-17-32-16-8-14-26(32)29(34)24-12-5-6-15-27(24)38-2/h3-16,29H,17-21H2,1-2H3,(H,31,36). The van der Waals surface area contributed by atoms with Crippen molar-refractivity contribution >= 4 is 28.4 Å². The number of carbonyl (C=O) groups is 2. The van der Waals surface area contributed by atoms with E-state index in [9.17, 15) is 9.59 Å². The van der Waals surface area contributed by atoms with E-state index in [1.54, 1.807) is 14.2 Å². The highest BCUT2D eigenvalue weighted by molar-refractivity contribution is 6.02. The number of aromatic nitrogens is 1. The Kier molecular flexibility index (Phi) is 7.60. The molecule has 0 saturated heterocycles. The third kappa shape index (κ3) is 5.08. The normalized spacial score (nSPS) is 14.7. The quantitative estimate of drug-likeness (QED) is 0.369. The van der Waals surface area contributed by atoms with Crippen molar-refractivity contribution in [1.29, 1.82) is 0 Å². The van der Waals surface area contributed by atoms with Crippen molar-refractivity contribution < 1.29 is 19.1 Å². The van der Waals surface area contributed by atoms with Gasteiger partial charge in [0.2, 0.25) is 5.91 Å². The van der Waals surface area contributed by atoms with Crippen molar-refractivity contribution in [2.24, 2.45) is 0 Å². The second kappa shape index (κ2) is 11.4. The van der Waals surface area contributed by atoms with Gasteiger partial charge in [0.25, 0.3) is 0 Å². The molecule has 4 aromatic rings. The number of nitrogens with one attached hydrogen (secondary N) is 1. The Hall–Kier alpha value is -4.30. The summed E-state index contributed by atoms with van der Waals surface area (Å²) in [5.41, 5.74) is 2.62. The Balaban J connectivity index is 1.41. The topological polar surface area (TPSA) is 76.0 Å². The zero-order valence-corrected chi connectivity index (χ0v) is 21.7. The molecule has 38 heavy (non-hydrogen) atoms. The number of urea groups is 1. The maximum absolute atomic E-state index is 13.9. The number of hydrogen-bond donors (Lipinski definition) is 1.